The number of aryl methyl sites for hydroxylation is 1. The smallest absolute Gasteiger partial charge is 0.265 e. The van der Waals surface area contributed by atoms with Gasteiger partial charge in [0.05, 0.1) is 18.2 Å². The van der Waals surface area contributed by atoms with Crippen molar-refractivity contribution < 1.29 is 9.59 Å². The van der Waals surface area contributed by atoms with Crippen molar-refractivity contribution in [3.8, 4) is 0 Å². The maximum atomic E-state index is 13.4. The van der Waals surface area contributed by atoms with Crippen LogP contribution in [-0.2, 0) is 4.79 Å². The second-order valence-corrected chi connectivity index (χ2v) is 7.77. The van der Waals surface area contributed by atoms with Crippen molar-refractivity contribution in [2.75, 3.05) is 24.5 Å². The Bertz CT molecular complexity index is 953. The van der Waals surface area contributed by atoms with Gasteiger partial charge in [-0.15, -0.1) is 0 Å². The Kier molecular flexibility index (Phi) is 5.58. The summed E-state index contributed by atoms with van der Waals surface area (Å²) in [5.41, 5.74) is 2.86. The molecule has 0 spiro atoms. The van der Waals surface area contributed by atoms with E-state index in [-0.39, 0.29) is 11.8 Å². The molecule has 1 saturated heterocycles. The standard InChI is InChI=1S/C24H27N3O2/c1-3-26-14-8-10-18(26)15-25-16-21-19-11-5-6-12-20(19)23(28)27(24(21)29)22-13-7-4-9-17(22)2/h4-7,9,11-13,16,18,21H,3,8,10,14-15H2,1-2H3/t18-,21?/m1/s1. The Morgan fingerprint density at radius 3 is 2.66 bits per heavy atom. The van der Waals surface area contributed by atoms with Crippen molar-refractivity contribution in [2.24, 2.45) is 4.99 Å². The summed E-state index contributed by atoms with van der Waals surface area (Å²) in [5, 5.41) is 0. The van der Waals surface area contributed by atoms with E-state index in [1.165, 1.54) is 11.3 Å². The number of aliphatic imine (C=N–C) groups is 1. The van der Waals surface area contributed by atoms with E-state index in [1.54, 1.807) is 12.3 Å². The van der Waals surface area contributed by atoms with Gasteiger partial charge in [-0.2, -0.15) is 0 Å². The Balaban J connectivity index is 1.66. The molecule has 0 aliphatic carbocycles. The van der Waals surface area contributed by atoms with Gasteiger partial charge in [0.1, 0.15) is 0 Å². The predicted octanol–water partition coefficient (Wildman–Crippen LogP) is 3.82. The van der Waals surface area contributed by atoms with Crippen LogP contribution in [0.1, 0.15) is 47.2 Å². The third-order valence-corrected chi connectivity index (χ3v) is 6.05. The largest absolute Gasteiger partial charge is 0.299 e. The zero-order valence-corrected chi connectivity index (χ0v) is 17.0. The molecule has 1 fully saturated rings. The number of hydrogen-bond donors (Lipinski definition) is 0. The van der Waals surface area contributed by atoms with Gasteiger partial charge in [-0.3, -0.25) is 19.5 Å². The highest BCUT2D eigenvalue weighted by atomic mass is 16.2. The topological polar surface area (TPSA) is 53.0 Å². The van der Waals surface area contributed by atoms with Crippen molar-refractivity contribution in [1.82, 2.24) is 4.90 Å². The number of likely N-dealkylation sites (tertiary alicyclic amines) is 1. The minimum atomic E-state index is -0.542. The van der Waals surface area contributed by atoms with Crippen molar-refractivity contribution in [3.05, 3.63) is 65.2 Å². The number of carbonyl (C=O) groups is 2. The Labute approximate surface area is 172 Å². The highest BCUT2D eigenvalue weighted by molar-refractivity contribution is 6.29. The number of amides is 2. The van der Waals surface area contributed by atoms with Crippen LogP contribution in [0.15, 0.2) is 53.5 Å². The van der Waals surface area contributed by atoms with Crippen LogP contribution in [0.3, 0.4) is 0 Å². The molecule has 2 heterocycles. The molecule has 0 N–H and O–H groups in total. The van der Waals surface area contributed by atoms with E-state index in [4.69, 9.17) is 0 Å². The number of hydrogen-bond acceptors (Lipinski definition) is 4. The van der Waals surface area contributed by atoms with Crippen molar-refractivity contribution >= 4 is 23.7 Å². The third kappa shape index (κ3) is 3.62. The molecular weight excluding hydrogens is 362 g/mol. The molecule has 0 aromatic heterocycles. The first-order valence-corrected chi connectivity index (χ1v) is 10.4. The maximum Gasteiger partial charge on any atom is 0.265 e. The Morgan fingerprint density at radius 1 is 1.10 bits per heavy atom. The molecule has 5 heteroatoms. The second kappa shape index (κ2) is 8.29. The summed E-state index contributed by atoms with van der Waals surface area (Å²) in [6.07, 6.45) is 4.11. The molecule has 0 saturated carbocycles. The predicted molar refractivity (Wildman–Crippen MR) is 116 cm³/mol. The van der Waals surface area contributed by atoms with Crippen LogP contribution >= 0.6 is 0 Å². The molecule has 2 atom stereocenters. The number of imide groups is 1. The molecule has 0 bridgehead atoms. The van der Waals surface area contributed by atoms with Crippen LogP contribution in [-0.4, -0.2) is 48.6 Å². The first kappa shape index (κ1) is 19.5. The third-order valence-electron chi connectivity index (χ3n) is 6.05. The lowest BCUT2D eigenvalue weighted by Gasteiger charge is -2.31. The van der Waals surface area contributed by atoms with Crippen molar-refractivity contribution in [3.63, 3.8) is 0 Å². The molecule has 4 rings (SSSR count). The summed E-state index contributed by atoms with van der Waals surface area (Å²) in [6, 6.07) is 15.3. The quantitative estimate of drug-likeness (QED) is 0.577. The number of benzene rings is 2. The molecule has 29 heavy (non-hydrogen) atoms. The van der Waals surface area contributed by atoms with Crippen LogP contribution < -0.4 is 4.90 Å². The maximum absolute atomic E-state index is 13.4. The van der Waals surface area contributed by atoms with Crippen LogP contribution in [0.2, 0.25) is 0 Å². The fourth-order valence-corrected chi connectivity index (χ4v) is 4.45. The number of fused-ring (bicyclic) bond motifs is 1. The summed E-state index contributed by atoms with van der Waals surface area (Å²) < 4.78 is 0. The van der Waals surface area contributed by atoms with E-state index in [0.29, 0.717) is 23.8 Å². The van der Waals surface area contributed by atoms with Crippen LogP contribution in [0, 0.1) is 6.92 Å². The highest BCUT2D eigenvalue weighted by Gasteiger charge is 2.39. The molecule has 0 radical (unpaired) electrons. The number of rotatable bonds is 5. The first-order valence-electron chi connectivity index (χ1n) is 10.4. The lowest BCUT2D eigenvalue weighted by atomic mass is 9.88. The average Bonchev–Trinajstić information content (AvgIpc) is 3.19. The van der Waals surface area contributed by atoms with Gasteiger partial charge in [-0.1, -0.05) is 43.3 Å². The Hall–Kier alpha value is -2.79. The summed E-state index contributed by atoms with van der Waals surface area (Å²) in [5.74, 6) is -1.04. The minimum absolute atomic E-state index is 0.231. The zero-order valence-electron chi connectivity index (χ0n) is 17.0. The summed E-state index contributed by atoms with van der Waals surface area (Å²) in [7, 11) is 0. The number of anilines is 1. The van der Waals surface area contributed by atoms with Gasteiger partial charge in [-0.25, -0.2) is 4.90 Å². The number of carbonyl (C=O) groups excluding carboxylic acids is 2. The normalized spacial score (nSPS) is 22.5. The molecule has 2 aliphatic heterocycles. The lowest BCUT2D eigenvalue weighted by Crippen LogP contribution is -2.46. The van der Waals surface area contributed by atoms with Gasteiger partial charge in [0.15, 0.2) is 0 Å². The van der Waals surface area contributed by atoms with Crippen LogP contribution in [0.4, 0.5) is 5.69 Å². The molecule has 5 nitrogen and oxygen atoms in total. The molecule has 2 aliphatic rings. The first-order chi connectivity index (χ1) is 14.1. The molecule has 150 valence electrons. The minimum Gasteiger partial charge on any atom is -0.299 e. The second-order valence-electron chi connectivity index (χ2n) is 7.77. The molecule has 1 unspecified atom stereocenters. The van der Waals surface area contributed by atoms with Gasteiger partial charge < -0.3 is 0 Å². The number of likely N-dealkylation sites (N-methyl/N-ethyl adjacent to an activating group) is 1. The molecule has 2 amide bonds. The Morgan fingerprint density at radius 2 is 1.86 bits per heavy atom. The summed E-state index contributed by atoms with van der Waals surface area (Å²) in [6.45, 7) is 6.93. The summed E-state index contributed by atoms with van der Waals surface area (Å²) in [4.78, 5) is 35.0. The van der Waals surface area contributed by atoms with Crippen molar-refractivity contribution in [1.29, 1.82) is 0 Å². The van der Waals surface area contributed by atoms with Crippen LogP contribution in [0.5, 0.6) is 0 Å². The molecular formula is C24H27N3O2. The SMILES string of the molecule is CCN1CCC[C@@H]1CN=CC1C(=O)N(c2ccccc2C)C(=O)c2ccccc21. The van der Waals surface area contributed by atoms with Gasteiger partial charge in [0.2, 0.25) is 5.91 Å². The van der Waals surface area contributed by atoms with E-state index >= 15 is 0 Å². The fraction of sp³-hybridized carbons (Fsp3) is 0.375. The highest BCUT2D eigenvalue weighted by Crippen LogP contribution is 2.33. The van der Waals surface area contributed by atoms with E-state index in [0.717, 1.165) is 30.6 Å². The van der Waals surface area contributed by atoms with E-state index in [1.807, 2.05) is 49.4 Å². The lowest BCUT2D eigenvalue weighted by molar-refractivity contribution is -0.118. The van der Waals surface area contributed by atoms with E-state index in [2.05, 4.69) is 16.8 Å². The number of nitrogens with zero attached hydrogens (tertiary/aromatic N) is 3. The molecule has 2 aromatic rings. The monoisotopic (exact) mass is 389 g/mol. The van der Waals surface area contributed by atoms with Gasteiger partial charge in [0.25, 0.3) is 5.91 Å². The fourth-order valence-electron chi connectivity index (χ4n) is 4.45. The van der Waals surface area contributed by atoms with Gasteiger partial charge in [0, 0.05) is 17.8 Å². The van der Waals surface area contributed by atoms with Gasteiger partial charge >= 0.3 is 0 Å². The summed E-state index contributed by atoms with van der Waals surface area (Å²) >= 11 is 0. The zero-order chi connectivity index (χ0) is 20.4. The number of para-hydroxylation sites is 1. The van der Waals surface area contributed by atoms with Gasteiger partial charge in [-0.05, 0) is 56.1 Å². The van der Waals surface area contributed by atoms with E-state index in [9.17, 15) is 9.59 Å². The molecule has 2 aromatic carbocycles. The average molecular weight is 389 g/mol. The van der Waals surface area contributed by atoms with E-state index < -0.39 is 5.92 Å². The van der Waals surface area contributed by atoms with Crippen molar-refractivity contribution in [2.45, 2.75) is 38.6 Å². The van der Waals surface area contributed by atoms with Crippen LogP contribution in [0.25, 0.3) is 0 Å².